The standard InChI is InChI=1S/C20H25NO2/c1-15-10-12-16(13-11-15)19(2,3)18(22)21-14-20(4,23)17-8-6-5-7-9-17/h5-13,23H,14H2,1-4H3,(H,21,22). The molecule has 2 N–H and O–H groups in total. The van der Waals surface area contributed by atoms with Crippen molar-refractivity contribution in [2.75, 3.05) is 6.54 Å². The number of aliphatic hydroxyl groups is 1. The van der Waals surface area contributed by atoms with E-state index in [-0.39, 0.29) is 12.5 Å². The molecular formula is C20H25NO2. The SMILES string of the molecule is Cc1ccc(C(C)(C)C(=O)NCC(C)(O)c2ccccc2)cc1. The average molecular weight is 311 g/mol. The maximum Gasteiger partial charge on any atom is 0.230 e. The van der Waals surface area contributed by atoms with Gasteiger partial charge in [-0.05, 0) is 38.8 Å². The van der Waals surface area contributed by atoms with Gasteiger partial charge in [0.05, 0.1) is 12.0 Å². The van der Waals surface area contributed by atoms with Crippen molar-refractivity contribution < 1.29 is 9.90 Å². The second-order valence-corrected chi connectivity index (χ2v) is 6.81. The van der Waals surface area contributed by atoms with Gasteiger partial charge in [-0.15, -0.1) is 0 Å². The van der Waals surface area contributed by atoms with Gasteiger partial charge in [0, 0.05) is 0 Å². The molecule has 0 aliphatic heterocycles. The lowest BCUT2D eigenvalue weighted by Crippen LogP contribution is -2.45. The topological polar surface area (TPSA) is 49.3 Å². The predicted octanol–water partition coefficient (Wildman–Crippen LogP) is 3.30. The van der Waals surface area contributed by atoms with Gasteiger partial charge in [-0.2, -0.15) is 0 Å². The molecule has 1 amide bonds. The number of aryl methyl sites for hydroxylation is 1. The molecule has 3 heteroatoms. The highest BCUT2D eigenvalue weighted by molar-refractivity contribution is 5.87. The lowest BCUT2D eigenvalue weighted by molar-refractivity contribution is -0.126. The van der Waals surface area contributed by atoms with Crippen LogP contribution >= 0.6 is 0 Å². The molecule has 0 fully saturated rings. The van der Waals surface area contributed by atoms with Crippen LogP contribution in [0.2, 0.25) is 0 Å². The maximum absolute atomic E-state index is 12.6. The van der Waals surface area contributed by atoms with Gasteiger partial charge in [-0.1, -0.05) is 60.2 Å². The Morgan fingerprint density at radius 3 is 2.09 bits per heavy atom. The largest absolute Gasteiger partial charge is 0.384 e. The van der Waals surface area contributed by atoms with Gasteiger partial charge in [-0.25, -0.2) is 0 Å². The number of benzene rings is 2. The third-order valence-corrected chi connectivity index (χ3v) is 4.33. The van der Waals surface area contributed by atoms with E-state index in [1.165, 1.54) is 0 Å². The normalized spacial score (nSPS) is 14.1. The van der Waals surface area contributed by atoms with Crippen molar-refractivity contribution in [3.05, 3.63) is 71.3 Å². The minimum absolute atomic E-state index is 0.0995. The van der Waals surface area contributed by atoms with Gasteiger partial charge < -0.3 is 10.4 Å². The van der Waals surface area contributed by atoms with E-state index < -0.39 is 11.0 Å². The lowest BCUT2D eigenvalue weighted by Gasteiger charge is -2.29. The van der Waals surface area contributed by atoms with Crippen molar-refractivity contribution in [3.63, 3.8) is 0 Å². The summed E-state index contributed by atoms with van der Waals surface area (Å²) in [6, 6.07) is 17.3. The fraction of sp³-hybridized carbons (Fsp3) is 0.350. The van der Waals surface area contributed by atoms with Crippen LogP contribution in [0.15, 0.2) is 54.6 Å². The quantitative estimate of drug-likeness (QED) is 0.890. The van der Waals surface area contributed by atoms with Crippen LogP contribution in [-0.2, 0) is 15.8 Å². The monoisotopic (exact) mass is 311 g/mol. The molecule has 0 spiro atoms. The number of hydrogen-bond donors (Lipinski definition) is 2. The Morgan fingerprint density at radius 1 is 0.957 bits per heavy atom. The lowest BCUT2D eigenvalue weighted by atomic mass is 9.83. The zero-order chi connectivity index (χ0) is 17.1. The summed E-state index contributed by atoms with van der Waals surface area (Å²) in [6.45, 7) is 7.69. The molecule has 3 nitrogen and oxygen atoms in total. The molecule has 0 radical (unpaired) electrons. The Labute approximate surface area is 138 Å². The zero-order valence-corrected chi connectivity index (χ0v) is 14.3. The van der Waals surface area contributed by atoms with Crippen LogP contribution in [0.4, 0.5) is 0 Å². The number of hydrogen-bond acceptors (Lipinski definition) is 2. The molecule has 2 rings (SSSR count). The van der Waals surface area contributed by atoms with Gasteiger partial charge in [-0.3, -0.25) is 4.79 Å². The minimum Gasteiger partial charge on any atom is -0.384 e. The third-order valence-electron chi connectivity index (χ3n) is 4.33. The van der Waals surface area contributed by atoms with E-state index in [1.54, 1.807) is 6.92 Å². The minimum atomic E-state index is -1.10. The van der Waals surface area contributed by atoms with Crippen LogP contribution in [0.5, 0.6) is 0 Å². The molecule has 122 valence electrons. The Hall–Kier alpha value is -2.13. The molecule has 0 bridgehead atoms. The predicted molar refractivity (Wildman–Crippen MR) is 93.2 cm³/mol. The number of amides is 1. The van der Waals surface area contributed by atoms with Crippen molar-refractivity contribution in [1.82, 2.24) is 5.32 Å². The summed E-state index contributed by atoms with van der Waals surface area (Å²) < 4.78 is 0. The summed E-state index contributed by atoms with van der Waals surface area (Å²) in [4.78, 5) is 12.6. The summed E-state index contributed by atoms with van der Waals surface area (Å²) >= 11 is 0. The highest BCUT2D eigenvalue weighted by Crippen LogP contribution is 2.25. The number of nitrogens with one attached hydrogen (secondary N) is 1. The van der Waals surface area contributed by atoms with Crippen LogP contribution in [0.25, 0.3) is 0 Å². The van der Waals surface area contributed by atoms with Crippen molar-refractivity contribution in [3.8, 4) is 0 Å². The molecule has 0 saturated carbocycles. The fourth-order valence-corrected chi connectivity index (χ4v) is 2.47. The Kier molecular flexibility index (Phi) is 4.90. The van der Waals surface area contributed by atoms with E-state index in [0.29, 0.717) is 0 Å². The van der Waals surface area contributed by atoms with Crippen LogP contribution in [0, 0.1) is 6.92 Å². The molecule has 0 aliphatic carbocycles. The molecule has 2 aromatic rings. The van der Waals surface area contributed by atoms with Crippen LogP contribution in [0.1, 0.15) is 37.5 Å². The van der Waals surface area contributed by atoms with Crippen LogP contribution in [-0.4, -0.2) is 17.6 Å². The molecule has 0 aliphatic rings. The number of rotatable bonds is 5. The van der Waals surface area contributed by atoms with E-state index in [4.69, 9.17) is 0 Å². The van der Waals surface area contributed by atoms with Gasteiger partial charge in [0.2, 0.25) is 5.91 Å². The van der Waals surface area contributed by atoms with E-state index >= 15 is 0 Å². The Bertz CT molecular complexity index is 658. The van der Waals surface area contributed by atoms with Crippen molar-refractivity contribution in [2.24, 2.45) is 0 Å². The van der Waals surface area contributed by atoms with Crippen LogP contribution < -0.4 is 5.32 Å². The van der Waals surface area contributed by atoms with E-state index in [1.807, 2.05) is 75.4 Å². The van der Waals surface area contributed by atoms with Gasteiger partial charge in [0.1, 0.15) is 5.60 Å². The first kappa shape index (κ1) is 17.2. The molecule has 0 heterocycles. The highest BCUT2D eigenvalue weighted by atomic mass is 16.3. The third kappa shape index (κ3) is 3.99. The zero-order valence-electron chi connectivity index (χ0n) is 14.3. The molecule has 0 saturated heterocycles. The summed E-state index contributed by atoms with van der Waals surface area (Å²) in [5.41, 5.74) is 1.16. The second-order valence-electron chi connectivity index (χ2n) is 6.81. The Morgan fingerprint density at radius 2 is 1.52 bits per heavy atom. The molecule has 1 unspecified atom stereocenters. The summed E-state index contributed by atoms with van der Waals surface area (Å²) in [6.07, 6.45) is 0. The summed E-state index contributed by atoms with van der Waals surface area (Å²) in [5, 5.41) is 13.5. The number of carbonyl (C=O) groups is 1. The highest BCUT2D eigenvalue weighted by Gasteiger charge is 2.32. The smallest absolute Gasteiger partial charge is 0.230 e. The molecule has 1 atom stereocenters. The molecular weight excluding hydrogens is 286 g/mol. The average Bonchev–Trinajstić information content (AvgIpc) is 2.54. The number of carbonyl (C=O) groups excluding carboxylic acids is 1. The van der Waals surface area contributed by atoms with Crippen molar-refractivity contribution in [1.29, 1.82) is 0 Å². The van der Waals surface area contributed by atoms with Crippen molar-refractivity contribution in [2.45, 2.75) is 38.7 Å². The van der Waals surface area contributed by atoms with Gasteiger partial charge >= 0.3 is 0 Å². The van der Waals surface area contributed by atoms with Gasteiger partial charge in [0.25, 0.3) is 0 Å². The molecule has 2 aromatic carbocycles. The van der Waals surface area contributed by atoms with Crippen LogP contribution in [0.3, 0.4) is 0 Å². The summed E-state index contributed by atoms with van der Waals surface area (Å²) in [5.74, 6) is -0.0995. The summed E-state index contributed by atoms with van der Waals surface area (Å²) in [7, 11) is 0. The maximum atomic E-state index is 12.6. The fourth-order valence-electron chi connectivity index (χ4n) is 2.47. The Balaban J connectivity index is 2.08. The first-order valence-electron chi connectivity index (χ1n) is 7.87. The van der Waals surface area contributed by atoms with Crippen molar-refractivity contribution >= 4 is 5.91 Å². The van der Waals surface area contributed by atoms with Gasteiger partial charge in [0.15, 0.2) is 0 Å². The van der Waals surface area contributed by atoms with E-state index in [9.17, 15) is 9.90 Å². The van der Waals surface area contributed by atoms with E-state index in [2.05, 4.69) is 5.32 Å². The molecule has 23 heavy (non-hydrogen) atoms. The first-order chi connectivity index (χ1) is 10.7. The first-order valence-corrected chi connectivity index (χ1v) is 7.87. The second kappa shape index (κ2) is 6.55. The van der Waals surface area contributed by atoms with E-state index in [0.717, 1.165) is 16.7 Å². The molecule has 0 aromatic heterocycles.